The molecule has 0 aromatic heterocycles. The smallest absolute Gasteiger partial charge is 0.122 e. The summed E-state index contributed by atoms with van der Waals surface area (Å²) in [6, 6.07) is 4.94. The van der Waals surface area contributed by atoms with Gasteiger partial charge in [0.1, 0.15) is 5.75 Å². The van der Waals surface area contributed by atoms with Crippen LogP contribution in [0, 0.1) is 6.92 Å². The molecule has 2 nitrogen and oxygen atoms in total. The van der Waals surface area contributed by atoms with E-state index in [-0.39, 0.29) is 5.41 Å². The molecule has 0 unspecified atom stereocenters. The van der Waals surface area contributed by atoms with Crippen LogP contribution in [0.5, 0.6) is 5.75 Å². The maximum atomic E-state index is 5.51. The number of nitrogens with one attached hydrogen (secondary N) is 1. The molecule has 0 radical (unpaired) electrons. The molecule has 102 valence electrons. The lowest BCUT2D eigenvalue weighted by atomic mass is 9.84. The summed E-state index contributed by atoms with van der Waals surface area (Å²) in [5, 5.41) is 3.48. The van der Waals surface area contributed by atoms with Gasteiger partial charge in [0, 0.05) is 12.6 Å². The van der Waals surface area contributed by atoms with Gasteiger partial charge in [-0.2, -0.15) is 0 Å². The summed E-state index contributed by atoms with van der Waals surface area (Å²) in [5.41, 5.74) is 4.02. The van der Waals surface area contributed by atoms with Crippen LogP contribution in [0.15, 0.2) is 12.1 Å². The van der Waals surface area contributed by atoms with Crippen LogP contribution in [0.2, 0.25) is 0 Å². The Labute approximate surface area is 112 Å². The highest BCUT2D eigenvalue weighted by molar-refractivity contribution is 5.45. The van der Waals surface area contributed by atoms with Crippen LogP contribution in [0.3, 0.4) is 0 Å². The Morgan fingerprint density at radius 3 is 2.28 bits per heavy atom. The van der Waals surface area contributed by atoms with E-state index in [9.17, 15) is 0 Å². The van der Waals surface area contributed by atoms with E-state index in [0.717, 1.165) is 12.3 Å². The Hall–Kier alpha value is -1.02. The molecule has 1 aromatic carbocycles. The van der Waals surface area contributed by atoms with Crippen molar-refractivity contribution in [1.82, 2.24) is 5.32 Å². The Bertz CT molecular complexity index is 402. The first kappa shape index (κ1) is 15.0. The van der Waals surface area contributed by atoms with Crippen LogP contribution in [-0.2, 0) is 12.0 Å². The molecule has 0 atom stereocenters. The molecular weight excluding hydrogens is 222 g/mol. The third-order valence-corrected chi connectivity index (χ3v) is 3.17. The van der Waals surface area contributed by atoms with Gasteiger partial charge < -0.3 is 10.1 Å². The molecule has 0 fully saturated rings. The minimum absolute atomic E-state index is 0.103. The molecule has 1 aromatic rings. The second-order valence-electron chi connectivity index (χ2n) is 6.26. The SMILES string of the molecule is COc1cc(C)c(CNC(C)C)cc1C(C)(C)C. The normalized spacial score (nSPS) is 12.0. The average molecular weight is 249 g/mol. The van der Waals surface area contributed by atoms with Crippen LogP contribution in [0.25, 0.3) is 0 Å². The lowest BCUT2D eigenvalue weighted by molar-refractivity contribution is 0.396. The third kappa shape index (κ3) is 3.74. The van der Waals surface area contributed by atoms with Gasteiger partial charge in [-0.05, 0) is 35.1 Å². The average Bonchev–Trinajstić information content (AvgIpc) is 2.25. The quantitative estimate of drug-likeness (QED) is 0.876. The van der Waals surface area contributed by atoms with Crippen molar-refractivity contribution in [3.8, 4) is 5.75 Å². The molecule has 18 heavy (non-hydrogen) atoms. The summed E-state index contributed by atoms with van der Waals surface area (Å²) in [7, 11) is 1.75. The highest BCUT2D eigenvalue weighted by Crippen LogP contribution is 2.33. The minimum atomic E-state index is 0.103. The number of methoxy groups -OCH3 is 1. The zero-order valence-corrected chi connectivity index (χ0v) is 12.8. The van der Waals surface area contributed by atoms with Gasteiger partial charge in [0.15, 0.2) is 0 Å². The van der Waals surface area contributed by atoms with E-state index in [1.807, 2.05) is 0 Å². The van der Waals surface area contributed by atoms with Gasteiger partial charge in [0.25, 0.3) is 0 Å². The molecule has 0 heterocycles. The summed E-state index contributed by atoms with van der Waals surface area (Å²) in [6.45, 7) is 14.1. The Morgan fingerprint density at radius 2 is 1.83 bits per heavy atom. The molecule has 0 amide bonds. The fourth-order valence-electron chi connectivity index (χ4n) is 1.99. The maximum absolute atomic E-state index is 5.51. The van der Waals surface area contributed by atoms with Gasteiger partial charge in [-0.15, -0.1) is 0 Å². The van der Waals surface area contributed by atoms with Gasteiger partial charge in [-0.1, -0.05) is 40.7 Å². The first-order chi connectivity index (χ1) is 8.25. The van der Waals surface area contributed by atoms with Gasteiger partial charge in [-0.3, -0.25) is 0 Å². The van der Waals surface area contributed by atoms with Crippen LogP contribution >= 0.6 is 0 Å². The topological polar surface area (TPSA) is 21.3 Å². The Balaban J connectivity index is 3.13. The second kappa shape index (κ2) is 5.75. The van der Waals surface area contributed by atoms with Gasteiger partial charge in [0.05, 0.1) is 7.11 Å². The Morgan fingerprint density at radius 1 is 1.22 bits per heavy atom. The first-order valence-corrected chi connectivity index (χ1v) is 6.67. The summed E-state index contributed by atoms with van der Waals surface area (Å²) in [6.07, 6.45) is 0. The number of hydrogen-bond acceptors (Lipinski definition) is 2. The van der Waals surface area contributed by atoms with Gasteiger partial charge >= 0.3 is 0 Å². The fourth-order valence-corrected chi connectivity index (χ4v) is 1.99. The van der Waals surface area contributed by atoms with E-state index in [2.05, 4.69) is 59.0 Å². The summed E-state index contributed by atoms with van der Waals surface area (Å²) in [4.78, 5) is 0. The van der Waals surface area contributed by atoms with Crippen molar-refractivity contribution in [1.29, 1.82) is 0 Å². The molecule has 0 aliphatic rings. The lowest BCUT2D eigenvalue weighted by Gasteiger charge is -2.24. The molecule has 0 spiro atoms. The molecule has 1 N–H and O–H groups in total. The van der Waals surface area contributed by atoms with Crippen LogP contribution in [0.4, 0.5) is 0 Å². The number of ether oxygens (including phenoxy) is 1. The predicted octanol–water partition coefficient (Wildman–Crippen LogP) is 3.80. The monoisotopic (exact) mass is 249 g/mol. The largest absolute Gasteiger partial charge is 0.496 e. The van der Waals surface area contributed by atoms with Crippen LogP contribution in [0.1, 0.15) is 51.3 Å². The third-order valence-electron chi connectivity index (χ3n) is 3.17. The van der Waals surface area contributed by atoms with E-state index >= 15 is 0 Å². The lowest BCUT2D eigenvalue weighted by Crippen LogP contribution is -2.23. The van der Waals surface area contributed by atoms with E-state index in [4.69, 9.17) is 4.74 Å². The zero-order valence-electron chi connectivity index (χ0n) is 12.8. The van der Waals surface area contributed by atoms with Crippen molar-refractivity contribution in [2.75, 3.05) is 7.11 Å². The number of hydrogen-bond donors (Lipinski definition) is 1. The molecule has 0 saturated heterocycles. The van der Waals surface area contributed by atoms with Gasteiger partial charge in [0.2, 0.25) is 0 Å². The van der Waals surface area contributed by atoms with E-state index in [1.54, 1.807) is 7.11 Å². The number of aryl methyl sites for hydroxylation is 1. The summed E-state index contributed by atoms with van der Waals surface area (Å²) >= 11 is 0. The highest BCUT2D eigenvalue weighted by atomic mass is 16.5. The number of benzene rings is 1. The predicted molar refractivity (Wildman–Crippen MR) is 78.4 cm³/mol. The van der Waals surface area contributed by atoms with Crippen molar-refractivity contribution in [2.45, 2.75) is 59.5 Å². The second-order valence-corrected chi connectivity index (χ2v) is 6.26. The van der Waals surface area contributed by atoms with E-state index < -0.39 is 0 Å². The molecule has 1 rings (SSSR count). The first-order valence-electron chi connectivity index (χ1n) is 6.67. The number of rotatable bonds is 4. The maximum Gasteiger partial charge on any atom is 0.122 e. The molecule has 0 aliphatic carbocycles. The van der Waals surface area contributed by atoms with Crippen molar-refractivity contribution in [3.05, 3.63) is 28.8 Å². The van der Waals surface area contributed by atoms with Gasteiger partial charge in [-0.25, -0.2) is 0 Å². The van der Waals surface area contributed by atoms with E-state index in [0.29, 0.717) is 6.04 Å². The molecule has 0 saturated carbocycles. The molecule has 0 bridgehead atoms. The van der Waals surface area contributed by atoms with E-state index in [1.165, 1.54) is 16.7 Å². The minimum Gasteiger partial charge on any atom is -0.496 e. The summed E-state index contributed by atoms with van der Waals surface area (Å²) < 4.78 is 5.51. The summed E-state index contributed by atoms with van der Waals surface area (Å²) in [5.74, 6) is 0.994. The van der Waals surface area contributed by atoms with Crippen LogP contribution in [-0.4, -0.2) is 13.2 Å². The molecular formula is C16H27NO. The van der Waals surface area contributed by atoms with Crippen molar-refractivity contribution in [2.24, 2.45) is 0 Å². The fraction of sp³-hybridized carbons (Fsp3) is 0.625. The molecule has 2 heteroatoms. The van der Waals surface area contributed by atoms with Crippen molar-refractivity contribution >= 4 is 0 Å². The Kier molecular flexibility index (Phi) is 4.80. The van der Waals surface area contributed by atoms with Crippen LogP contribution < -0.4 is 10.1 Å². The zero-order chi connectivity index (χ0) is 13.9. The highest BCUT2D eigenvalue weighted by Gasteiger charge is 2.20. The standard InChI is InChI=1S/C16H27NO/c1-11(2)17-10-13-9-14(16(4,5)6)15(18-7)8-12(13)3/h8-9,11,17H,10H2,1-7H3. The van der Waals surface area contributed by atoms with Crippen molar-refractivity contribution < 1.29 is 4.74 Å². The molecule has 0 aliphatic heterocycles. The van der Waals surface area contributed by atoms with Crippen molar-refractivity contribution in [3.63, 3.8) is 0 Å².